The molecule has 3 atom stereocenters. The zero-order valence-electron chi connectivity index (χ0n) is 31.0. The van der Waals surface area contributed by atoms with Crippen LogP contribution in [-0.2, 0) is 0 Å². The van der Waals surface area contributed by atoms with Crippen LogP contribution < -0.4 is 20.1 Å². The highest BCUT2D eigenvalue weighted by molar-refractivity contribution is 6.30. The van der Waals surface area contributed by atoms with E-state index < -0.39 is 11.8 Å². The fourth-order valence-corrected chi connectivity index (χ4v) is 7.61. The molecule has 2 N–H and O–H groups in total. The van der Waals surface area contributed by atoms with E-state index in [1.165, 1.54) is 6.07 Å². The lowest BCUT2D eigenvalue weighted by atomic mass is 9.98. The lowest BCUT2D eigenvalue weighted by Gasteiger charge is -2.32. The highest BCUT2D eigenvalue weighted by atomic mass is 16.5. The smallest absolute Gasteiger partial charge is 0.324 e. The van der Waals surface area contributed by atoms with Crippen LogP contribution in [0.2, 0.25) is 0 Å². The second-order valence-corrected chi connectivity index (χ2v) is 14.3. The summed E-state index contributed by atoms with van der Waals surface area (Å²) in [5.74, 6) is -1.84. The number of ether oxygens (including phenoxy) is 2. The van der Waals surface area contributed by atoms with Crippen molar-refractivity contribution in [3.05, 3.63) is 101 Å². The van der Waals surface area contributed by atoms with E-state index in [9.17, 15) is 14.4 Å². The maximum Gasteiger partial charge on any atom is 0.324 e. The van der Waals surface area contributed by atoms with Crippen molar-refractivity contribution >= 4 is 45.7 Å². The maximum atomic E-state index is 13.5. The Labute approximate surface area is 319 Å². The van der Waals surface area contributed by atoms with E-state index in [1.54, 1.807) is 42.5 Å². The molecule has 3 aliphatic rings. The summed E-state index contributed by atoms with van der Waals surface area (Å²) >= 11 is 0. The summed E-state index contributed by atoms with van der Waals surface area (Å²) in [6.07, 6.45) is 3.88. The normalized spacial score (nSPS) is 20.3. The topological polar surface area (TPSA) is 152 Å². The minimum atomic E-state index is -1.04. The van der Waals surface area contributed by atoms with E-state index in [0.717, 1.165) is 70.3 Å². The Bertz CT molecular complexity index is 2190. The Kier molecular flexibility index (Phi) is 10.5. The molecule has 4 heterocycles. The molecule has 2 aliphatic heterocycles. The Balaban J connectivity index is 0.949. The summed E-state index contributed by atoms with van der Waals surface area (Å²) in [4.78, 5) is 63.3. The van der Waals surface area contributed by atoms with Gasteiger partial charge in [-0.25, -0.2) is 0 Å². The number of ketones is 2. The number of nitrogens with one attached hydrogen (secondary N) is 2. The quantitative estimate of drug-likeness (QED) is 0.146. The standard InChI is InChI=1S/C42H44N8O5/c1-3-49-21-7-10-30(24-49)54-41-46-40(47-42(48-41)55-31-11-8-22-50(4-2)25-31)44-29-17-15-28(16-18-29)43-39(53)27-13-19-32-33(23-27)38(52)36(37(32)51)35-20-14-26-9-5-6-12-34(26)45-35/h5-6,9,12-20,23,30-31,36H,3-4,7-8,10-11,21-22,24-25H2,1-2H3,(H,43,53)(H,44,46,47,48). The number of rotatable bonds is 11. The highest BCUT2D eigenvalue weighted by Crippen LogP contribution is 2.35. The van der Waals surface area contributed by atoms with Crippen LogP contribution in [0.5, 0.6) is 12.0 Å². The average molecular weight is 741 g/mol. The lowest BCUT2D eigenvalue weighted by Crippen LogP contribution is -2.41. The molecule has 1 aliphatic carbocycles. The van der Waals surface area contributed by atoms with Crippen LogP contribution in [0, 0.1) is 0 Å². The summed E-state index contributed by atoms with van der Waals surface area (Å²) in [6, 6.07) is 23.3. The molecular weight excluding hydrogens is 697 g/mol. The van der Waals surface area contributed by atoms with Crippen LogP contribution in [-0.4, -0.2) is 98.7 Å². The molecule has 0 spiro atoms. The fourth-order valence-electron chi connectivity index (χ4n) is 7.61. The zero-order valence-corrected chi connectivity index (χ0v) is 31.0. The summed E-state index contributed by atoms with van der Waals surface area (Å²) in [5.41, 5.74) is 3.10. The van der Waals surface area contributed by atoms with Gasteiger partial charge in [0.1, 0.15) is 18.1 Å². The lowest BCUT2D eigenvalue weighted by molar-refractivity contribution is 0.0733. The minimum Gasteiger partial charge on any atom is -0.459 e. The molecule has 3 unspecified atom stereocenters. The number of likely N-dealkylation sites (tertiary alicyclic amines) is 2. The number of hydrogen-bond donors (Lipinski definition) is 2. The van der Waals surface area contributed by atoms with Gasteiger partial charge in [-0.05, 0) is 106 Å². The summed E-state index contributed by atoms with van der Waals surface area (Å²) < 4.78 is 12.6. The van der Waals surface area contributed by atoms with Crippen molar-refractivity contribution in [2.24, 2.45) is 0 Å². The van der Waals surface area contributed by atoms with Crippen LogP contribution in [0.25, 0.3) is 10.9 Å². The van der Waals surface area contributed by atoms with E-state index in [-0.39, 0.29) is 52.9 Å². The van der Waals surface area contributed by atoms with Crippen LogP contribution in [0.1, 0.15) is 82.2 Å². The van der Waals surface area contributed by atoms with Gasteiger partial charge in [-0.3, -0.25) is 29.2 Å². The second-order valence-electron chi connectivity index (χ2n) is 14.3. The molecule has 0 radical (unpaired) electrons. The molecule has 2 aromatic heterocycles. The van der Waals surface area contributed by atoms with Crippen LogP contribution in [0.4, 0.5) is 17.3 Å². The van der Waals surface area contributed by atoms with E-state index >= 15 is 0 Å². The summed E-state index contributed by atoms with van der Waals surface area (Å²) in [5, 5.41) is 7.06. The predicted octanol–water partition coefficient (Wildman–Crippen LogP) is 6.30. The number of Topliss-reactive ketones (excluding diaryl/α,β-unsaturated/α-hetero) is 2. The van der Waals surface area contributed by atoms with Crippen molar-refractivity contribution in [2.75, 3.05) is 49.9 Å². The third kappa shape index (κ3) is 8.03. The van der Waals surface area contributed by atoms with E-state index in [2.05, 4.69) is 54.2 Å². The van der Waals surface area contributed by atoms with Crippen LogP contribution in [0.15, 0.2) is 78.9 Å². The first-order valence-corrected chi connectivity index (χ1v) is 19.1. The second kappa shape index (κ2) is 15.9. The number of carbonyl (C=O) groups excluding carboxylic acids is 3. The molecule has 2 fully saturated rings. The number of fused-ring (bicyclic) bond motifs is 2. The van der Waals surface area contributed by atoms with Crippen LogP contribution >= 0.6 is 0 Å². The van der Waals surface area contributed by atoms with E-state index in [1.807, 2.05) is 30.3 Å². The van der Waals surface area contributed by atoms with Gasteiger partial charge in [-0.2, -0.15) is 9.97 Å². The number of para-hydroxylation sites is 1. The van der Waals surface area contributed by atoms with Crippen LogP contribution in [0.3, 0.4) is 0 Å². The van der Waals surface area contributed by atoms with Gasteiger partial charge < -0.3 is 20.1 Å². The van der Waals surface area contributed by atoms with Crippen molar-refractivity contribution in [1.29, 1.82) is 0 Å². The third-order valence-corrected chi connectivity index (χ3v) is 10.6. The molecule has 13 nitrogen and oxygen atoms in total. The average Bonchev–Trinajstić information content (AvgIpc) is 3.46. The third-order valence-electron chi connectivity index (χ3n) is 10.6. The first-order valence-electron chi connectivity index (χ1n) is 19.1. The van der Waals surface area contributed by atoms with Crippen molar-refractivity contribution in [3.8, 4) is 12.0 Å². The number of amides is 1. The Hall–Kier alpha value is -5.79. The van der Waals surface area contributed by atoms with E-state index in [0.29, 0.717) is 28.1 Å². The fraction of sp³-hybridized carbons (Fsp3) is 0.357. The summed E-state index contributed by atoms with van der Waals surface area (Å²) in [6.45, 7) is 9.96. The van der Waals surface area contributed by atoms with Gasteiger partial charge in [0.2, 0.25) is 5.95 Å². The number of hydrogen-bond acceptors (Lipinski definition) is 12. The number of piperidine rings is 2. The molecule has 3 aromatic carbocycles. The first-order chi connectivity index (χ1) is 26.8. The van der Waals surface area contributed by atoms with E-state index in [4.69, 9.17) is 9.47 Å². The van der Waals surface area contributed by atoms with Gasteiger partial charge in [-0.1, -0.05) is 38.1 Å². The molecule has 1 amide bonds. The van der Waals surface area contributed by atoms with Crippen molar-refractivity contribution in [2.45, 2.75) is 57.7 Å². The monoisotopic (exact) mass is 740 g/mol. The van der Waals surface area contributed by atoms with Gasteiger partial charge in [0, 0.05) is 46.5 Å². The summed E-state index contributed by atoms with van der Waals surface area (Å²) in [7, 11) is 0. The Morgan fingerprint density at radius 1 is 0.727 bits per heavy atom. The molecule has 5 aromatic rings. The molecule has 0 bridgehead atoms. The Morgan fingerprint density at radius 3 is 2.04 bits per heavy atom. The molecule has 0 saturated carbocycles. The van der Waals surface area contributed by atoms with Gasteiger partial charge >= 0.3 is 12.0 Å². The molecule has 2 saturated heterocycles. The Morgan fingerprint density at radius 2 is 1.36 bits per heavy atom. The van der Waals surface area contributed by atoms with Gasteiger partial charge in [0.25, 0.3) is 5.91 Å². The number of carbonyl (C=O) groups is 3. The first kappa shape index (κ1) is 36.2. The molecule has 55 heavy (non-hydrogen) atoms. The van der Waals surface area contributed by atoms with Gasteiger partial charge in [-0.15, -0.1) is 4.98 Å². The molecular formula is C42H44N8O5. The zero-order chi connectivity index (χ0) is 37.9. The minimum absolute atomic E-state index is 0.0303. The SMILES string of the molecule is CCN1CCCC(Oc2nc(Nc3ccc(NC(=O)c4ccc5c(c4)C(=O)C(c4ccc6ccccc6n4)C5=O)cc3)nc(OC3CCCN(CC)C3)n2)C1. The number of benzene rings is 3. The maximum absolute atomic E-state index is 13.5. The largest absolute Gasteiger partial charge is 0.459 e. The molecule has 282 valence electrons. The van der Waals surface area contributed by atoms with Crippen molar-refractivity contribution < 1.29 is 23.9 Å². The number of nitrogens with zero attached hydrogens (tertiary/aromatic N) is 6. The number of pyridine rings is 1. The highest BCUT2D eigenvalue weighted by Gasteiger charge is 2.41. The predicted molar refractivity (Wildman–Crippen MR) is 209 cm³/mol. The number of anilines is 3. The number of aromatic nitrogens is 4. The van der Waals surface area contributed by atoms with Crippen molar-refractivity contribution in [3.63, 3.8) is 0 Å². The molecule has 8 rings (SSSR count). The van der Waals surface area contributed by atoms with Crippen molar-refractivity contribution in [1.82, 2.24) is 29.7 Å². The van der Waals surface area contributed by atoms with Gasteiger partial charge in [0.05, 0.1) is 11.2 Å². The number of likely N-dealkylation sites (N-methyl/N-ethyl adjacent to an activating group) is 2. The molecule has 13 heteroatoms. The van der Waals surface area contributed by atoms with Gasteiger partial charge in [0.15, 0.2) is 11.6 Å².